The molecule has 3 rings (SSSR count). The summed E-state index contributed by atoms with van der Waals surface area (Å²) in [5.74, 6) is 0.820. The molecule has 7 heteroatoms. The third-order valence-electron chi connectivity index (χ3n) is 4.71. The summed E-state index contributed by atoms with van der Waals surface area (Å²) in [5, 5.41) is 6.80. The number of hydrogen-bond donors (Lipinski definition) is 2. The van der Waals surface area contributed by atoms with Crippen molar-refractivity contribution >= 4 is 29.9 Å². The van der Waals surface area contributed by atoms with E-state index in [0.717, 1.165) is 58.3 Å². The first kappa shape index (κ1) is 22.6. The van der Waals surface area contributed by atoms with Gasteiger partial charge in [0.25, 0.3) is 0 Å². The lowest BCUT2D eigenvalue weighted by molar-refractivity contribution is 0.0341. The Bertz CT molecular complexity index is 720. The molecule has 0 unspecified atom stereocenters. The maximum Gasteiger partial charge on any atom is 0.191 e. The van der Waals surface area contributed by atoms with Crippen LogP contribution in [0.2, 0.25) is 0 Å². The molecule has 2 heterocycles. The molecule has 1 fully saturated rings. The van der Waals surface area contributed by atoms with E-state index in [1.54, 1.807) is 13.2 Å². The van der Waals surface area contributed by atoms with Crippen molar-refractivity contribution in [2.24, 2.45) is 4.99 Å². The summed E-state index contributed by atoms with van der Waals surface area (Å²) >= 11 is 0. The van der Waals surface area contributed by atoms with Gasteiger partial charge in [0.05, 0.1) is 13.2 Å². The van der Waals surface area contributed by atoms with Gasteiger partial charge in [0, 0.05) is 52.2 Å². The first-order chi connectivity index (χ1) is 13.3. The van der Waals surface area contributed by atoms with E-state index in [9.17, 15) is 0 Å². The van der Waals surface area contributed by atoms with Crippen LogP contribution in [0.1, 0.15) is 16.7 Å². The molecular formula is C21H30IN5O. The van der Waals surface area contributed by atoms with Crippen molar-refractivity contribution in [3.05, 3.63) is 65.5 Å². The zero-order valence-corrected chi connectivity index (χ0v) is 18.8. The molecule has 1 saturated heterocycles. The van der Waals surface area contributed by atoms with E-state index in [4.69, 9.17) is 4.74 Å². The van der Waals surface area contributed by atoms with E-state index < -0.39 is 0 Å². The third-order valence-corrected chi connectivity index (χ3v) is 4.71. The Morgan fingerprint density at radius 3 is 2.61 bits per heavy atom. The molecule has 1 aromatic heterocycles. The fraction of sp³-hybridized carbons (Fsp3) is 0.429. The van der Waals surface area contributed by atoms with Crippen LogP contribution in [-0.2, 0) is 24.2 Å². The molecule has 1 aliphatic heterocycles. The van der Waals surface area contributed by atoms with E-state index in [-0.39, 0.29) is 24.0 Å². The van der Waals surface area contributed by atoms with Gasteiger partial charge in [0.15, 0.2) is 5.96 Å². The Morgan fingerprint density at radius 1 is 1.11 bits per heavy atom. The van der Waals surface area contributed by atoms with E-state index in [1.165, 1.54) is 16.7 Å². The van der Waals surface area contributed by atoms with Crippen molar-refractivity contribution in [2.75, 3.05) is 39.9 Å². The number of aliphatic imine (C=N–C) groups is 1. The van der Waals surface area contributed by atoms with E-state index in [2.05, 4.69) is 55.8 Å². The van der Waals surface area contributed by atoms with Gasteiger partial charge in [0.2, 0.25) is 0 Å². The topological polar surface area (TPSA) is 61.8 Å². The smallest absolute Gasteiger partial charge is 0.191 e. The third kappa shape index (κ3) is 7.37. The summed E-state index contributed by atoms with van der Waals surface area (Å²) in [4.78, 5) is 10.9. The summed E-state index contributed by atoms with van der Waals surface area (Å²) in [6, 6.07) is 12.7. The van der Waals surface area contributed by atoms with Crippen molar-refractivity contribution in [1.82, 2.24) is 20.5 Å². The van der Waals surface area contributed by atoms with Crippen LogP contribution in [0.3, 0.4) is 0 Å². The average molecular weight is 495 g/mol. The summed E-state index contributed by atoms with van der Waals surface area (Å²) in [7, 11) is 1.80. The highest BCUT2D eigenvalue weighted by atomic mass is 127. The molecule has 0 spiro atoms. The van der Waals surface area contributed by atoms with Crippen molar-refractivity contribution in [3.63, 3.8) is 0 Å². The number of guanidine groups is 1. The van der Waals surface area contributed by atoms with Crippen LogP contribution in [0.4, 0.5) is 0 Å². The fourth-order valence-corrected chi connectivity index (χ4v) is 3.16. The van der Waals surface area contributed by atoms with Gasteiger partial charge in [-0.05, 0) is 29.2 Å². The molecule has 0 radical (unpaired) electrons. The highest BCUT2D eigenvalue weighted by Gasteiger charge is 2.12. The van der Waals surface area contributed by atoms with E-state index >= 15 is 0 Å². The second kappa shape index (κ2) is 12.7. The Hall–Kier alpha value is -1.71. The second-order valence-corrected chi connectivity index (χ2v) is 6.62. The predicted octanol–water partition coefficient (Wildman–Crippen LogP) is 2.44. The minimum Gasteiger partial charge on any atom is -0.379 e. The molecule has 152 valence electrons. The number of aromatic nitrogens is 1. The second-order valence-electron chi connectivity index (χ2n) is 6.62. The van der Waals surface area contributed by atoms with Gasteiger partial charge in [-0.3, -0.25) is 14.9 Å². The molecule has 6 nitrogen and oxygen atoms in total. The van der Waals surface area contributed by atoms with Gasteiger partial charge >= 0.3 is 0 Å². The SMILES string of the molecule is CN=C(NCCc1cccnc1)NCc1ccccc1CN1CCOCC1.I. The van der Waals surface area contributed by atoms with Crippen LogP contribution in [0.25, 0.3) is 0 Å². The monoisotopic (exact) mass is 495 g/mol. The molecule has 0 atom stereocenters. The minimum atomic E-state index is 0. The summed E-state index contributed by atoms with van der Waals surface area (Å²) in [5.41, 5.74) is 3.88. The van der Waals surface area contributed by atoms with Crippen LogP contribution in [0, 0.1) is 0 Å². The molecule has 1 aromatic carbocycles. The standard InChI is InChI=1S/C21H29N5O.HI/c1-22-21(24-10-8-18-5-4-9-23-15-18)25-16-19-6-2-3-7-20(19)17-26-11-13-27-14-12-26;/h2-7,9,15H,8,10-14,16-17H2,1H3,(H2,22,24,25);1H. The zero-order chi connectivity index (χ0) is 18.7. The number of pyridine rings is 1. The van der Waals surface area contributed by atoms with Crippen LogP contribution < -0.4 is 10.6 Å². The first-order valence-corrected chi connectivity index (χ1v) is 9.55. The molecule has 0 bridgehead atoms. The number of halogens is 1. The zero-order valence-electron chi connectivity index (χ0n) is 16.4. The van der Waals surface area contributed by atoms with Gasteiger partial charge in [-0.2, -0.15) is 0 Å². The van der Waals surface area contributed by atoms with Gasteiger partial charge in [0.1, 0.15) is 0 Å². The van der Waals surface area contributed by atoms with Crippen LogP contribution in [0.15, 0.2) is 53.8 Å². The predicted molar refractivity (Wildman–Crippen MR) is 124 cm³/mol. The molecule has 0 saturated carbocycles. The molecule has 2 N–H and O–H groups in total. The lowest BCUT2D eigenvalue weighted by atomic mass is 10.1. The van der Waals surface area contributed by atoms with Gasteiger partial charge in [-0.25, -0.2) is 0 Å². The van der Waals surface area contributed by atoms with Gasteiger partial charge < -0.3 is 15.4 Å². The Morgan fingerprint density at radius 2 is 1.89 bits per heavy atom. The van der Waals surface area contributed by atoms with E-state index in [0.29, 0.717) is 0 Å². The number of benzene rings is 1. The lowest BCUT2D eigenvalue weighted by Gasteiger charge is -2.27. The van der Waals surface area contributed by atoms with Crippen LogP contribution >= 0.6 is 24.0 Å². The van der Waals surface area contributed by atoms with Crippen molar-refractivity contribution in [2.45, 2.75) is 19.5 Å². The highest BCUT2D eigenvalue weighted by molar-refractivity contribution is 14.0. The summed E-state index contributed by atoms with van der Waals surface area (Å²) < 4.78 is 5.45. The summed E-state index contributed by atoms with van der Waals surface area (Å²) in [6.07, 6.45) is 4.62. The fourth-order valence-electron chi connectivity index (χ4n) is 3.16. The van der Waals surface area contributed by atoms with Crippen molar-refractivity contribution in [3.8, 4) is 0 Å². The lowest BCUT2D eigenvalue weighted by Crippen LogP contribution is -2.38. The molecule has 28 heavy (non-hydrogen) atoms. The summed E-state index contributed by atoms with van der Waals surface area (Å²) in [6.45, 7) is 6.20. The van der Waals surface area contributed by atoms with Gasteiger partial charge in [-0.15, -0.1) is 24.0 Å². The number of ether oxygens (including phenoxy) is 1. The molecule has 1 aliphatic rings. The Balaban J connectivity index is 0.00000280. The normalized spacial score (nSPS) is 15.0. The van der Waals surface area contributed by atoms with Gasteiger partial charge in [-0.1, -0.05) is 30.3 Å². The highest BCUT2D eigenvalue weighted by Crippen LogP contribution is 2.13. The maximum absolute atomic E-state index is 5.45. The van der Waals surface area contributed by atoms with E-state index in [1.807, 2.05) is 12.3 Å². The van der Waals surface area contributed by atoms with Crippen molar-refractivity contribution in [1.29, 1.82) is 0 Å². The maximum atomic E-state index is 5.45. The number of morpholine rings is 1. The first-order valence-electron chi connectivity index (χ1n) is 9.55. The minimum absolute atomic E-state index is 0. The molecule has 2 aromatic rings. The van der Waals surface area contributed by atoms with Crippen molar-refractivity contribution < 1.29 is 4.74 Å². The molecule has 0 amide bonds. The quantitative estimate of drug-likeness (QED) is 0.351. The number of nitrogens with one attached hydrogen (secondary N) is 2. The average Bonchev–Trinajstić information content (AvgIpc) is 2.73. The van der Waals surface area contributed by atoms with Crippen LogP contribution in [-0.4, -0.2) is 55.7 Å². The number of nitrogens with zero attached hydrogens (tertiary/aromatic N) is 3. The largest absolute Gasteiger partial charge is 0.379 e. The number of rotatable bonds is 7. The molecule has 0 aliphatic carbocycles. The number of hydrogen-bond acceptors (Lipinski definition) is 4. The Kier molecular flexibility index (Phi) is 10.2. The van der Waals surface area contributed by atoms with Crippen LogP contribution in [0.5, 0.6) is 0 Å². The Labute approximate surface area is 184 Å². The molecular weight excluding hydrogens is 465 g/mol.